The van der Waals surface area contributed by atoms with Crippen molar-refractivity contribution in [2.75, 3.05) is 6.61 Å². The van der Waals surface area contributed by atoms with E-state index < -0.39 is 5.97 Å². The van der Waals surface area contributed by atoms with Crippen LogP contribution in [0.25, 0.3) is 0 Å². The van der Waals surface area contributed by atoms with Crippen LogP contribution in [0.3, 0.4) is 0 Å². The molecule has 0 saturated carbocycles. The van der Waals surface area contributed by atoms with E-state index in [2.05, 4.69) is 0 Å². The van der Waals surface area contributed by atoms with Crippen LogP contribution >= 0.6 is 0 Å². The number of carboxylic acids is 1. The van der Waals surface area contributed by atoms with Crippen LogP contribution in [0.1, 0.15) is 13.3 Å². The zero-order chi connectivity index (χ0) is 9.72. The SMILES string of the molecule is CC(=O)O.NN1C(=O)C[C@H]1CO. The second-order valence-corrected chi connectivity index (χ2v) is 2.36. The molecule has 1 rings (SSSR count). The highest BCUT2D eigenvalue weighted by Gasteiger charge is 2.32. The number of rotatable bonds is 1. The first kappa shape index (κ1) is 10.9. The number of nitrogens with two attached hydrogens (primary N) is 1. The molecule has 4 N–H and O–H groups in total. The first-order valence-electron chi connectivity index (χ1n) is 3.36. The molecule has 1 amide bonds. The largest absolute Gasteiger partial charge is 0.481 e. The molecule has 6 nitrogen and oxygen atoms in total. The van der Waals surface area contributed by atoms with Gasteiger partial charge >= 0.3 is 0 Å². The van der Waals surface area contributed by atoms with Crippen molar-refractivity contribution in [1.29, 1.82) is 0 Å². The van der Waals surface area contributed by atoms with E-state index in [1.54, 1.807) is 0 Å². The van der Waals surface area contributed by atoms with Gasteiger partial charge in [-0.2, -0.15) is 0 Å². The molecule has 0 spiro atoms. The van der Waals surface area contributed by atoms with Crippen LogP contribution in [-0.4, -0.2) is 39.7 Å². The Morgan fingerprint density at radius 3 is 2.33 bits per heavy atom. The Bertz CT molecular complexity index is 178. The van der Waals surface area contributed by atoms with Crippen molar-refractivity contribution in [3.63, 3.8) is 0 Å². The topological polar surface area (TPSA) is 104 Å². The van der Waals surface area contributed by atoms with Crippen molar-refractivity contribution < 1.29 is 19.8 Å². The lowest BCUT2D eigenvalue weighted by molar-refractivity contribution is -0.148. The van der Waals surface area contributed by atoms with Crippen LogP contribution in [0, 0.1) is 0 Å². The standard InChI is InChI=1S/C4H8N2O2.C2H4O2/c5-6-3(2-7)1-4(6)8;1-2(3)4/h3,7H,1-2,5H2;1H3,(H,3,4)/t3-;/m0./s1. The average molecular weight is 176 g/mol. The van der Waals surface area contributed by atoms with Crippen LogP contribution in [0.2, 0.25) is 0 Å². The van der Waals surface area contributed by atoms with Gasteiger partial charge in [-0.1, -0.05) is 0 Å². The van der Waals surface area contributed by atoms with Gasteiger partial charge in [0.25, 0.3) is 5.97 Å². The second kappa shape index (κ2) is 4.68. The molecular weight excluding hydrogens is 164 g/mol. The van der Waals surface area contributed by atoms with E-state index in [-0.39, 0.29) is 18.6 Å². The Labute approximate surface area is 69.5 Å². The highest BCUT2D eigenvalue weighted by atomic mass is 16.4. The van der Waals surface area contributed by atoms with Gasteiger partial charge in [0.1, 0.15) is 0 Å². The third-order valence-electron chi connectivity index (χ3n) is 1.30. The minimum atomic E-state index is -0.833. The number of amides is 1. The number of hydrogen-bond acceptors (Lipinski definition) is 4. The van der Waals surface area contributed by atoms with Crippen molar-refractivity contribution in [3.05, 3.63) is 0 Å². The van der Waals surface area contributed by atoms with Crippen molar-refractivity contribution >= 4 is 11.9 Å². The predicted octanol–water partition coefficient (Wildman–Crippen LogP) is -1.46. The van der Waals surface area contributed by atoms with Crippen LogP contribution in [0.5, 0.6) is 0 Å². The van der Waals surface area contributed by atoms with Gasteiger partial charge in [0, 0.05) is 6.92 Å². The molecule has 0 aromatic heterocycles. The van der Waals surface area contributed by atoms with Crippen molar-refractivity contribution in [1.82, 2.24) is 5.01 Å². The molecule has 1 aliphatic rings. The quantitative estimate of drug-likeness (QED) is 0.257. The summed E-state index contributed by atoms with van der Waals surface area (Å²) in [6.45, 7) is 1.06. The van der Waals surface area contributed by atoms with Crippen LogP contribution in [0.15, 0.2) is 0 Å². The number of hydrazine groups is 1. The van der Waals surface area contributed by atoms with Crippen molar-refractivity contribution in [2.45, 2.75) is 19.4 Å². The van der Waals surface area contributed by atoms with Crippen LogP contribution in [-0.2, 0) is 9.59 Å². The number of carboxylic acid groups (broad SMARTS) is 1. The molecule has 1 fully saturated rings. The Morgan fingerprint density at radius 2 is 2.25 bits per heavy atom. The fraction of sp³-hybridized carbons (Fsp3) is 0.667. The molecular formula is C6H12N2O4. The summed E-state index contributed by atoms with van der Waals surface area (Å²) in [5.41, 5.74) is 0. The Morgan fingerprint density at radius 1 is 1.83 bits per heavy atom. The number of aliphatic hydroxyl groups excluding tert-OH is 1. The Kier molecular flexibility index (Phi) is 4.24. The van der Waals surface area contributed by atoms with Crippen LogP contribution in [0.4, 0.5) is 0 Å². The summed E-state index contributed by atoms with van der Waals surface area (Å²) in [6, 6.07) is -0.123. The summed E-state index contributed by atoms with van der Waals surface area (Å²) >= 11 is 0. The van der Waals surface area contributed by atoms with E-state index in [1.807, 2.05) is 0 Å². The minimum absolute atomic E-state index is 0.0256. The lowest BCUT2D eigenvalue weighted by atomic mass is 10.1. The molecule has 1 saturated heterocycles. The van der Waals surface area contributed by atoms with Crippen molar-refractivity contribution in [3.8, 4) is 0 Å². The van der Waals surface area contributed by atoms with Crippen LogP contribution < -0.4 is 5.84 Å². The minimum Gasteiger partial charge on any atom is -0.481 e. The third kappa shape index (κ3) is 3.31. The van der Waals surface area contributed by atoms with E-state index >= 15 is 0 Å². The highest BCUT2D eigenvalue weighted by Crippen LogP contribution is 2.12. The number of aliphatic hydroxyl groups is 1. The molecule has 0 aliphatic carbocycles. The Hall–Kier alpha value is -1.14. The normalized spacial score (nSPS) is 20.8. The fourth-order valence-electron chi connectivity index (χ4n) is 0.649. The second-order valence-electron chi connectivity index (χ2n) is 2.36. The molecule has 0 aromatic carbocycles. The number of aliphatic carboxylic acids is 1. The maximum Gasteiger partial charge on any atom is 0.300 e. The zero-order valence-electron chi connectivity index (χ0n) is 6.73. The highest BCUT2D eigenvalue weighted by molar-refractivity contribution is 5.82. The van der Waals surface area contributed by atoms with E-state index in [1.165, 1.54) is 0 Å². The lowest BCUT2D eigenvalue weighted by Gasteiger charge is -2.34. The van der Waals surface area contributed by atoms with Gasteiger partial charge < -0.3 is 10.2 Å². The summed E-state index contributed by atoms with van der Waals surface area (Å²) < 4.78 is 0. The molecule has 70 valence electrons. The molecule has 1 aliphatic heterocycles. The molecule has 0 unspecified atom stereocenters. The molecule has 12 heavy (non-hydrogen) atoms. The van der Waals surface area contributed by atoms with E-state index in [4.69, 9.17) is 20.9 Å². The summed E-state index contributed by atoms with van der Waals surface area (Å²) in [5.74, 6) is 4.17. The van der Waals surface area contributed by atoms with Gasteiger partial charge in [-0.25, -0.2) is 5.84 Å². The summed E-state index contributed by atoms with van der Waals surface area (Å²) in [4.78, 5) is 19.3. The van der Waals surface area contributed by atoms with Gasteiger partial charge in [0.05, 0.1) is 19.1 Å². The summed E-state index contributed by atoms with van der Waals surface area (Å²) in [6.07, 6.45) is 0.396. The maximum atomic E-state index is 10.3. The average Bonchev–Trinajstić information content (AvgIpc) is 1.98. The first-order chi connectivity index (χ1) is 5.49. The zero-order valence-corrected chi connectivity index (χ0v) is 6.73. The first-order valence-corrected chi connectivity index (χ1v) is 3.36. The van der Waals surface area contributed by atoms with Gasteiger partial charge in [-0.15, -0.1) is 0 Å². The summed E-state index contributed by atoms with van der Waals surface area (Å²) in [7, 11) is 0. The molecule has 0 radical (unpaired) electrons. The third-order valence-corrected chi connectivity index (χ3v) is 1.30. The Balaban J connectivity index is 0.000000261. The van der Waals surface area contributed by atoms with E-state index in [9.17, 15) is 4.79 Å². The smallest absolute Gasteiger partial charge is 0.300 e. The molecule has 6 heteroatoms. The van der Waals surface area contributed by atoms with Crippen molar-refractivity contribution in [2.24, 2.45) is 5.84 Å². The number of nitrogens with zero attached hydrogens (tertiary/aromatic N) is 1. The van der Waals surface area contributed by atoms with Gasteiger partial charge in [-0.3, -0.25) is 14.6 Å². The predicted molar refractivity (Wildman–Crippen MR) is 39.8 cm³/mol. The molecule has 0 aromatic rings. The molecule has 0 bridgehead atoms. The van der Waals surface area contributed by atoms with Gasteiger partial charge in [0.15, 0.2) is 0 Å². The maximum absolute atomic E-state index is 10.3. The monoisotopic (exact) mass is 176 g/mol. The summed E-state index contributed by atoms with van der Waals surface area (Å²) in [5, 5.41) is 16.9. The lowest BCUT2D eigenvalue weighted by Crippen LogP contribution is -2.58. The fourth-order valence-corrected chi connectivity index (χ4v) is 0.649. The number of β-lactam (4-membered cyclic amide) rings is 1. The van der Waals surface area contributed by atoms with Gasteiger partial charge in [-0.05, 0) is 0 Å². The molecule has 1 heterocycles. The molecule has 1 atom stereocenters. The number of carbonyl (C=O) groups excluding carboxylic acids is 1. The van der Waals surface area contributed by atoms with E-state index in [0.29, 0.717) is 6.42 Å². The number of carbonyl (C=O) groups is 2. The van der Waals surface area contributed by atoms with E-state index in [0.717, 1.165) is 11.9 Å². The number of hydrogen-bond donors (Lipinski definition) is 3. The van der Waals surface area contributed by atoms with Gasteiger partial charge in [0.2, 0.25) is 5.91 Å².